The number of aliphatic hydroxyl groups is 2. The molecule has 4 heterocycles. The Morgan fingerprint density at radius 2 is 1.72 bits per heavy atom. The molecule has 2 amide bonds. The highest BCUT2D eigenvalue weighted by atomic mass is 28.3. The number of aromatic nitrogens is 3. The number of carbonyl (C=O) groups excluding carboxylic acids is 3. The van der Waals surface area contributed by atoms with Crippen LogP contribution in [-0.4, -0.2) is 110 Å². The average Bonchev–Trinajstić information content (AvgIpc) is 3.95. The van der Waals surface area contributed by atoms with Crippen molar-refractivity contribution in [2.75, 3.05) is 56.9 Å². The molecule has 4 aromatic rings. The minimum absolute atomic E-state index is 0.0262. The Morgan fingerprint density at radius 3 is 2.44 bits per heavy atom. The molecule has 3 aliphatic rings. The number of amides is 2. The van der Waals surface area contributed by atoms with Crippen molar-refractivity contribution in [3.05, 3.63) is 83.7 Å². The minimum Gasteiger partial charge on any atom is -0.497 e. The number of unbranched alkanes of at least 4 members (excludes halogenated alkanes) is 2. The Hall–Kier alpha value is -5.13. The van der Waals surface area contributed by atoms with Crippen LogP contribution in [0.1, 0.15) is 69.2 Å². The third-order valence-corrected chi connectivity index (χ3v) is 17.8. The van der Waals surface area contributed by atoms with Crippen LogP contribution in [0.25, 0.3) is 0 Å². The number of hydrogen-bond donors (Lipinski definition) is 3. The van der Waals surface area contributed by atoms with Crippen molar-refractivity contribution in [3.8, 4) is 11.5 Å². The molecule has 0 bridgehead atoms. The number of hydrogen-bond acceptors (Lipinski definition) is 12. The van der Waals surface area contributed by atoms with Crippen molar-refractivity contribution < 1.29 is 43.5 Å². The van der Waals surface area contributed by atoms with Crippen LogP contribution in [0.5, 0.6) is 11.5 Å². The molecule has 3 N–H and O–H groups in total. The molecule has 0 radical (unpaired) electrons. The second kappa shape index (κ2) is 20.4. The summed E-state index contributed by atoms with van der Waals surface area (Å²) in [5.41, 5.74) is 3.01. The van der Waals surface area contributed by atoms with E-state index in [4.69, 9.17) is 18.9 Å². The van der Waals surface area contributed by atoms with Gasteiger partial charge in [-0.05, 0) is 112 Å². The normalized spacial score (nSPS) is 21.7. The number of aryl methyl sites for hydroxylation is 1. The Morgan fingerprint density at radius 1 is 0.953 bits per heavy atom. The molecule has 1 aromatic heterocycles. The first-order valence-corrected chi connectivity index (χ1v) is 25.8. The van der Waals surface area contributed by atoms with Crippen LogP contribution in [0.3, 0.4) is 0 Å². The van der Waals surface area contributed by atoms with Gasteiger partial charge in [-0.3, -0.25) is 24.0 Å². The fourth-order valence-electron chi connectivity index (χ4n) is 10.2. The van der Waals surface area contributed by atoms with Crippen molar-refractivity contribution in [1.29, 1.82) is 0 Å². The zero-order valence-corrected chi connectivity index (χ0v) is 39.0. The Kier molecular flexibility index (Phi) is 14.9. The number of aliphatic hydroxyl groups excluding tert-OH is 2. The van der Waals surface area contributed by atoms with E-state index in [1.54, 1.807) is 16.7 Å². The molecule has 1 unspecified atom stereocenters. The molecule has 3 aliphatic heterocycles. The van der Waals surface area contributed by atoms with Gasteiger partial charge in [-0.25, -0.2) is 0 Å². The second-order valence-electron chi connectivity index (χ2n) is 17.6. The number of fused-ring (bicyclic) bond motifs is 3. The molecule has 1 spiro atoms. The van der Waals surface area contributed by atoms with E-state index < -0.39 is 19.7 Å². The fraction of sp³-hybridized carbons (Fsp3) is 0.521. The van der Waals surface area contributed by atoms with Crippen LogP contribution in [-0.2, 0) is 48.8 Å². The van der Waals surface area contributed by atoms with E-state index in [0.29, 0.717) is 81.7 Å². The highest BCUT2D eigenvalue weighted by molar-refractivity contribution is 6.91. The summed E-state index contributed by atoms with van der Waals surface area (Å²) in [6.07, 6.45) is 5.61. The van der Waals surface area contributed by atoms with E-state index in [1.165, 1.54) is 12.3 Å². The van der Waals surface area contributed by atoms with Gasteiger partial charge in [0.15, 0.2) is 5.60 Å². The van der Waals surface area contributed by atoms with E-state index in [9.17, 15) is 19.8 Å². The maximum atomic E-state index is 15.6. The van der Waals surface area contributed by atoms with Crippen LogP contribution in [0, 0.1) is 5.92 Å². The number of ether oxygens (including phenoxy) is 4. The summed E-state index contributed by atoms with van der Waals surface area (Å²) in [6.45, 7) is 10.8. The van der Waals surface area contributed by atoms with Gasteiger partial charge in [-0.2, -0.15) is 0 Å². The summed E-state index contributed by atoms with van der Waals surface area (Å²) in [7, 11) is 0.539. The van der Waals surface area contributed by atoms with Gasteiger partial charge in [0, 0.05) is 62.5 Å². The van der Waals surface area contributed by atoms with Crippen LogP contribution >= 0.6 is 0 Å². The first-order chi connectivity index (χ1) is 30.9. The Bertz CT molecular complexity index is 2270. The van der Waals surface area contributed by atoms with E-state index in [1.807, 2.05) is 66.6 Å². The smallest absolute Gasteiger partial charge is 0.305 e. The van der Waals surface area contributed by atoms with Crippen LogP contribution < -0.4 is 29.8 Å². The monoisotopic (exact) mass is 896 g/mol. The third kappa shape index (κ3) is 9.20. The summed E-state index contributed by atoms with van der Waals surface area (Å²) in [5.74, 6) is 0.621. The molecule has 64 heavy (non-hydrogen) atoms. The number of esters is 1. The highest BCUT2D eigenvalue weighted by Gasteiger charge is 2.66. The van der Waals surface area contributed by atoms with Gasteiger partial charge in [0.05, 0.1) is 58.1 Å². The zero-order valence-electron chi connectivity index (χ0n) is 38.0. The maximum absolute atomic E-state index is 15.6. The van der Waals surface area contributed by atoms with E-state index >= 15 is 4.79 Å². The number of methoxy groups -OCH3 is 2. The molecule has 1 fully saturated rings. The lowest BCUT2D eigenvalue weighted by atomic mass is 9.82. The standard InChI is InChI=1S/C48H64N6O9Si/c1-7-62-37-16-20-41-33(28-37)29-40(49-23-9-11-26-55)46(58)54(41)35-13-19-42-39(30-35)48(47(59)53(42)24-10-8-12-44(57)61-4)32(2)45(64(5,6)38-17-14-36(60-3)15-18-38)43(63-48)21-25-52-31-34(22-27-56)50-51-52/h13-20,28,30-32,40,43,45,49,55-56H,7-12,21-27,29H2,1-6H3/t32-,40?,43+,45-,48+/m1/s1. The van der Waals surface area contributed by atoms with Gasteiger partial charge in [0.2, 0.25) is 5.91 Å². The molecule has 0 saturated carbocycles. The lowest BCUT2D eigenvalue weighted by Gasteiger charge is -2.37. The number of anilines is 3. The lowest BCUT2D eigenvalue weighted by molar-refractivity contribution is -0.146. The molecule has 0 aliphatic carbocycles. The average molecular weight is 897 g/mol. The largest absolute Gasteiger partial charge is 0.497 e. The fourth-order valence-corrected chi connectivity index (χ4v) is 14.3. The minimum atomic E-state index is -2.49. The molecule has 7 rings (SSSR count). The number of rotatable bonds is 21. The van der Waals surface area contributed by atoms with Gasteiger partial charge in [-0.1, -0.05) is 42.6 Å². The quantitative estimate of drug-likeness (QED) is 0.0570. The molecular formula is C48H64N6O9Si. The highest BCUT2D eigenvalue weighted by Crippen LogP contribution is 2.60. The Balaban J connectivity index is 1.34. The summed E-state index contributed by atoms with van der Waals surface area (Å²) >= 11 is 0. The molecule has 5 atom stereocenters. The summed E-state index contributed by atoms with van der Waals surface area (Å²) in [4.78, 5) is 46.0. The maximum Gasteiger partial charge on any atom is 0.305 e. The third-order valence-electron chi connectivity index (χ3n) is 13.4. The van der Waals surface area contributed by atoms with Crippen molar-refractivity contribution in [2.24, 2.45) is 5.92 Å². The van der Waals surface area contributed by atoms with Gasteiger partial charge in [0.25, 0.3) is 5.91 Å². The predicted molar refractivity (Wildman–Crippen MR) is 246 cm³/mol. The van der Waals surface area contributed by atoms with Crippen LogP contribution in [0.2, 0.25) is 18.6 Å². The van der Waals surface area contributed by atoms with Gasteiger partial charge < -0.3 is 39.4 Å². The SMILES string of the molecule is CCOc1ccc2c(c1)CC(NCCCCO)C(=O)N2c1ccc2c(c1)[C@]1(O[C@@H](CCn3cc(CCO)nn3)[C@H]([Si](C)(C)c3ccc(OC)cc3)[C@H]1C)C(=O)N2CCCCC(=O)OC. The molecular weight excluding hydrogens is 833 g/mol. The van der Waals surface area contributed by atoms with Crippen LogP contribution in [0.4, 0.5) is 17.1 Å². The number of nitrogens with zero attached hydrogens (tertiary/aromatic N) is 5. The van der Waals surface area contributed by atoms with Crippen molar-refractivity contribution in [1.82, 2.24) is 20.3 Å². The number of carbonyl (C=O) groups is 3. The number of nitrogens with one attached hydrogen (secondary N) is 1. The molecule has 16 heteroatoms. The molecule has 1 saturated heterocycles. The van der Waals surface area contributed by atoms with Gasteiger partial charge in [-0.15, -0.1) is 5.10 Å². The second-order valence-corrected chi connectivity index (χ2v) is 22.3. The Labute approximate surface area is 377 Å². The van der Waals surface area contributed by atoms with Crippen molar-refractivity contribution in [3.63, 3.8) is 0 Å². The van der Waals surface area contributed by atoms with Crippen LogP contribution in [0.15, 0.2) is 66.9 Å². The topological polar surface area (TPSA) is 178 Å². The lowest BCUT2D eigenvalue weighted by Crippen LogP contribution is -2.52. The summed E-state index contributed by atoms with van der Waals surface area (Å²) in [6, 6.07) is 19.4. The van der Waals surface area contributed by atoms with E-state index in [-0.39, 0.29) is 55.0 Å². The van der Waals surface area contributed by atoms with E-state index in [0.717, 1.165) is 34.9 Å². The van der Waals surface area contributed by atoms with Crippen molar-refractivity contribution in [2.45, 2.75) is 108 Å². The molecule has 3 aromatic carbocycles. The van der Waals surface area contributed by atoms with Crippen molar-refractivity contribution >= 4 is 48.1 Å². The first-order valence-electron chi connectivity index (χ1n) is 22.7. The first kappa shape index (κ1) is 46.8. The summed E-state index contributed by atoms with van der Waals surface area (Å²) in [5, 5.41) is 32.3. The number of benzene rings is 3. The predicted octanol–water partition coefficient (Wildman–Crippen LogP) is 5.17. The summed E-state index contributed by atoms with van der Waals surface area (Å²) < 4.78 is 25.6. The van der Waals surface area contributed by atoms with E-state index in [2.05, 4.69) is 47.8 Å². The zero-order chi connectivity index (χ0) is 45.6. The molecule has 15 nitrogen and oxygen atoms in total. The van der Waals surface area contributed by atoms with Gasteiger partial charge >= 0.3 is 5.97 Å². The van der Waals surface area contributed by atoms with Gasteiger partial charge in [0.1, 0.15) is 11.5 Å². The molecule has 344 valence electrons.